The molecule has 2 N–H and O–H groups in total. The minimum Gasteiger partial charge on any atom is -0.460 e. The Balaban J connectivity index is 1.82. The van der Waals surface area contributed by atoms with Gasteiger partial charge in [-0.15, -0.1) is 10.2 Å². The summed E-state index contributed by atoms with van der Waals surface area (Å²) in [5.41, 5.74) is 6.37. The van der Waals surface area contributed by atoms with Gasteiger partial charge >= 0.3 is 5.97 Å². The number of anilines is 1. The Hall–Kier alpha value is -1.95. The Morgan fingerprint density at radius 1 is 1.29 bits per heavy atom. The third-order valence-electron chi connectivity index (χ3n) is 2.02. The van der Waals surface area contributed by atoms with E-state index in [2.05, 4.69) is 10.2 Å². The van der Waals surface area contributed by atoms with Crippen LogP contribution in [0.1, 0.15) is 10.6 Å². The molecule has 0 bridgehead atoms. The SMILES string of the molecule is Nc1nnc(CC(=O)OCc2ccccc2)s1. The van der Waals surface area contributed by atoms with Gasteiger partial charge in [0.05, 0.1) is 6.42 Å². The predicted molar refractivity (Wildman–Crippen MR) is 64.3 cm³/mol. The van der Waals surface area contributed by atoms with Crippen molar-refractivity contribution in [2.24, 2.45) is 0 Å². The van der Waals surface area contributed by atoms with Gasteiger partial charge in [0, 0.05) is 0 Å². The van der Waals surface area contributed by atoms with Gasteiger partial charge < -0.3 is 10.5 Å². The van der Waals surface area contributed by atoms with E-state index in [1.807, 2.05) is 30.3 Å². The lowest BCUT2D eigenvalue weighted by atomic mass is 10.2. The summed E-state index contributed by atoms with van der Waals surface area (Å²) < 4.78 is 5.10. The van der Waals surface area contributed by atoms with Crippen molar-refractivity contribution < 1.29 is 9.53 Å². The first-order valence-corrected chi connectivity index (χ1v) is 5.83. The molecule has 1 aromatic carbocycles. The van der Waals surface area contributed by atoms with E-state index in [9.17, 15) is 4.79 Å². The van der Waals surface area contributed by atoms with Gasteiger partial charge in [-0.25, -0.2) is 0 Å². The first-order chi connectivity index (χ1) is 8.24. The molecule has 0 saturated heterocycles. The molecule has 5 nitrogen and oxygen atoms in total. The lowest BCUT2D eigenvalue weighted by Crippen LogP contribution is -2.07. The van der Waals surface area contributed by atoms with Crippen LogP contribution in [0.4, 0.5) is 5.13 Å². The number of carbonyl (C=O) groups excluding carboxylic acids is 1. The van der Waals surface area contributed by atoms with E-state index < -0.39 is 0 Å². The van der Waals surface area contributed by atoms with Crippen LogP contribution in [0.3, 0.4) is 0 Å². The molecule has 0 spiro atoms. The molecule has 0 fully saturated rings. The van der Waals surface area contributed by atoms with Gasteiger partial charge in [-0.3, -0.25) is 4.79 Å². The number of nitrogens with two attached hydrogens (primary N) is 1. The number of nitrogens with zero attached hydrogens (tertiary/aromatic N) is 2. The third-order valence-corrected chi connectivity index (χ3v) is 2.77. The number of carbonyl (C=O) groups is 1. The van der Waals surface area contributed by atoms with E-state index in [-0.39, 0.29) is 19.0 Å². The zero-order valence-corrected chi connectivity index (χ0v) is 9.81. The van der Waals surface area contributed by atoms with Crippen LogP contribution in [-0.2, 0) is 22.6 Å². The Labute approximate surface area is 102 Å². The smallest absolute Gasteiger partial charge is 0.313 e. The number of hydrogen-bond donors (Lipinski definition) is 1. The summed E-state index contributed by atoms with van der Waals surface area (Å²) in [4.78, 5) is 11.5. The topological polar surface area (TPSA) is 78.1 Å². The predicted octanol–water partition coefficient (Wildman–Crippen LogP) is 1.41. The average molecular weight is 249 g/mol. The fourth-order valence-corrected chi connectivity index (χ4v) is 1.85. The first kappa shape index (κ1) is 11.5. The molecule has 0 aliphatic heterocycles. The minimum absolute atomic E-state index is 0.113. The molecule has 88 valence electrons. The quantitative estimate of drug-likeness (QED) is 0.829. The van der Waals surface area contributed by atoms with Crippen molar-refractivity contribution >= 4 is 22.4 Å². The van der Waals surface area contributed by atoms with Crippen LogP contribution in [0, 0.1) is 0 Å². The molecule has 0 saturated carbocycles. The molecule has 2 rings (SSSR count). The summed E-state index contributed by atoms with van der Waals surface area (Å²) in [6.45, 7) is 0.272. The van der Waals surface area contributed by atoms with Crippen molar-refractivity contribution in [2.45, 2.75) is 13.0 Å². The number of aromatic nitrogens is 2. The molecule has 0 aliphatic rings. The highest BCUT2D eigenvalue weighted by Crippen LogP contribution is 2.12. The van der Waals surface area contributed by atoms with Crippen LogP contribution in [0.2, 0.25) is 0 Å². The summed E-state index contributed by atoms with van der Waals surface area (Å²) in [5, 5.41) is 8.31. The molecule has 1 aromatic heterocycles. The van der Waals surface area contributed by atoms with Gasteiger partial charge in [-0.1, -0.05) is 41.7 Å². The highest BCUT2D eigenvalue weighted by Gasteiger charge is 2.09. The molecule has 0 atom stereocenters. The van der Waals surface area contributed by atoms with Crippen molar-refractivity contribution in [1.29, 1.82) is 0 Å². The lowest BCUT2D eigenvalue weighted by molar-refractivity contribution is -0.144. The zero-order valence-electron chi connectivity index (χ0n) is 9.00. The normalized spacial score (nSPS) is 10.1. The van der Waals surface area contributed by atoms with Crippen LogP contribution < -0.4 is 5.73 Å². The maximum Gasteiger partial charge on any atom is 0.313 e. The second kappa shape index (κ2) is 5.40. The maximum absolute atomic E-state index is 11.5. The molecular weight excluding hydrogens is 238 g/mol. The van der Waals surface area contributed by atoms with E-state index in [1.165, 1.54) is 11.3 Å². The lowest BCUT2D eigenvalue weighted by Gasteiger charge is -2.02. The molecular formula is C11H11N3O2S. The number of nitrogen functional groups attached to an aromatic ring is 1. The Morgan fingerprint density at radius 2 is 2.06 bits per heavy atom. The monoisotopic (exact) mass is 249 g/mol. The van der Waals surface area contributed by atoms with Gasteiger partial charge in [0.1, 0.15) is 11.6 Å². The largest absolute Gasteiger partial charge is 0.460 e. The summed E-state index contributed by atoms with van der Waals surface area (Å²) >= 11 is 1.19. The molecule has 2 aromatic rings. The molecule has 0 unspecified atom stereocenters. The van der Waals surface area contributed by atoms with Crippen LogP contribution in [0.25, 0.3) is 0 Å². The fourth-order valence-electron chi connectivity index (χ4n) is 1.25. The van der Waals surface area contributed by atoms with E-state index >= 15 is 0 Å². The fraction of sp³-hybridized carbons (Fsp3) is 0.182. The summed E-state index contributed by atoms with van der Waals surface area (Å²) in [5.74, 6) is -0.329. The summed E-state index contributed by atoms with van der Waals surface area (Å²) in [7, 11) is 0. The van der Waals surface area contributed by atoms with Crippen molar-refractivity contribution in [3.05, 3.63) is 40.9 Å². The van der Waals surface area contributed by atoms with Gasteiger partial charge in [0.2, 0.25) is 5.13 Å². The van der Waals surface area contributed by atoms with Crippen molar-refractivity contribution in [2.75, 3.05) is 5.73 Å². The van der Waals surface area contributed by atoms with Gasteiger partial charge in [0.15, 0.2) is 0 Å². The zero-order chi connectivity index (χ0) is 12.1. The molecule has 1 heterocycles. The van der Waals surface area contributed by atoms with Gasteiger partial charge in [-0.2, -0.15) is 0 Å². The van der Waals surface area contributed by atoms with Gasteiger partial charge in [-0.05, 0) is 5.56 Å². The molecule has 17 heavy (non-hydrogen) atoms. The maximum atomic E-state index is 11.5. The van der Waals surface area contributed by atoms with Crippen molar-refractivity contribution in [3.8, 4) is 0 Å². The standard InChI is InChI=1S/C11H11N3O2S/c12-11-14-13-9(17-11)6-10(15)16-7-8-4-2-1-3-5-8/h1-5H,6-7H2,(H2,12,14). The highest BCUT2D eigenvalue weighted by molar-refractivity contribution is 7.15. The van der Waals surface area contributed by atoms with E-state index in [1.54, 1.807) is 0 Å². The second-order valence-corrected chi connectivity index (χ2v) is 4.45. The minimum atomic E-state index is -0.329. The third kappa shape index (κ3) is 3.53. The van der Waals surface area contributed by atoms with Crippen molar-refractivity contribution in [3.63, 3.8) is 0 Å². The first-order valence-electron chi connectivity index (χ1n) is 5.01. The number of rotatable bonds is 4. The Kier molecular flexibility index (Phi) is 3.66. The Morgan fingerprint density at radius 3 is 2.71 bits per heavy atom. The van der Waals surface area contributed by atoms with Crippen LogP contribution in [-0.4, -0.2) is 16.2 Å². The van der Waals surface area contributed by atoms with Crippen LogP contribution in [0.5, 0.6) is 0 Å². The van der Waals surface area contributed by atoms with Gasteiger partial charge in [0.25, 0.3) is 0 Å². The molecule has 6 heteroatoms. The molecule has 0 aliphatic carbocycles. The van der Waals surface area contributed by atoms with Crippen LogP contribution in [0.15, 0.2) is 30.3 Å². The molecule has 0 radical (unpaired) electrons. The Bertz CT molecular complexity index is 498. The van der Waals surface area contributed by atoms with Crippen LogP contribution >= 0.6 is 11.3 Å². The highest BCUT2D eigenvalue weighted by atomic mass is 32.1. The number of esters is 1. The van der Waals surface area contributed by atoms with E-state index in [0.29, 0.717) is 10.1 Å². The number of benzene rings is 1. The molecule has 0 amide bonds. The van der Waals surface area contributed by atoms with E-state index in [0.717, 1.165) is 5.56 Å². The second-order valence-electron chi connectivity index (χ2n) is 3.36. The average Bonchev–Trinajstić information content (AvgIpc) is 2.73. The van der Waals surface area contributed by atoms with Crippen molar-refractivity contribution in [1.82, 2.24) is 10.2 Å². The number of ether oxygens (including phenoxy) is 1. The number of hydrogen-bond acceptors (Lipinski definition) is 6. The summed E-state index contributed by atoms with van der Waals surface area (Å²) in [6, 6.07) is 9.50. The van der Waals surface area contributed by atoms with E-state index in [4.69, 9.17) is 10.5 Å². The summed E-state index contributed by atoms with van der Waals surface area (Å²) in [6.07, 6.45) is 0.113.